The van der Waals surface area contributed by atoms with Crippen LogP contribution in [0.3, 0.4) is 0 Å². The molecule has 362 valence electrons. The van der Waals surface area contributed by atoms with E-state index in [1.807, 2.05) is 0 Å². The first-order valence-corrected chi connectivity index (χ1v) is 27.0. The Bertz CT molecular complexity index is 1050. The zero-order chi connectivity index (χ0) is 45.1. The number of carbonyl (C=O) groups excluding carboxylic acids is 3. The quantitative estimate of drug-likeness (QED) is 0.0262. The molecule has 0 saturated heterocycles. The van der Waals surface area contributed by atoms with E-state index in [9.17, 15) is 14.4 Å². The highest BCUT2D eigenvalue weighted by molar-refractivity contribution is 5.71. The van der Waals surface area contributed by atoms with E-state index >= 15 is 0 Å². The van der Waals surface area contributed by atoms with Crippen LogP contribution in [-0.4, -0.2) is 37.2 Å². The lowest BCUT2D eigenvalue weighted by atomic mass is 10.0. The van der Waals surface area contributed by atoms with Crippen LogP contribution in [0, 0.1) is 0 Å². The molecule has 0 fully saturated rings. The summed E-state index contributed by atoms with van der Waals surface area (Å²) in [5.74, 6) is -0.888. The molecule has 0 aromatic carbocycles. The van der Waals surface area contributed by atoms with E-state index in [0.29, 0.717) is 19.3 Å². The molecule has 0 aliphatic carbocycles. The van der Waals surface area contributed by atoms with E-state index in [1.165, 1.54) is 161 Å². The highest BCUT2D eigenvalue weighted by Gasteiger charge is 2.19. The Labute approximate surface area is 385 Å². The molecule has 1 unspecified atom stereocenters. The average Bonchev–Trinajstić information content (AvgIpc) is 3.27. The monoisotopic (exact) mass is 871 g/mol. The van der Waals surface area contributed by atoms with Gasteiger partial charge in [0.2, 0.25) is 0 Å². The second-order valence-electron chi connectivity index (χ2n) is 18.1. The maximum absolute atomic E-state index is 12.7. The Morgan fingerprint density at radius 3 is 0.952 bits per heavy atom. The molecule has 6 heteroatoms. The lowest BCUT2D eigenvalue weighted by Crippen LogP contribution is -2.30. The van der Waals surface area contributed by atoms with Gasteiger partial charge in [-0.05, 0) is 70.6 Å². The summed E-state index contributed by atoms with van der Waals surface area (Å²) in [4.78, 5) is 37.8. The van der Waals surface area contributed by atoms with Crippen molar-refractivity contribution < 1.29 is 28.6 Å². The van der Waals surface area contributed by atoms with Gasteiger partial charge in [0, 0.05) is 19.3 Å². The Morgan fingerprint density at radius 1 is 0.323 bits per heavy atom. The Balaban J connectivity index is 4.15. The van der Waals surface area contributed by atoms with Gasteiger partial charge in [-0.2, -0.15) is 0 Å². The fourth-order valence-corrected chi connectivity index (χ4v) is 7.75. The maximum Gasteiger partial charge on any atom is 0.306 e. The lowest BCUT2D eigenvalue weighted by molar-refractivity contribution is -0.167. The molecule has 0 aromatic heterocycles. The van der Waals surface area contributed by atoms with E-state index < -0.39 is 6.10 Å². The van der Waals surface area contributed by atoms with Gasteiger partial charge in [-0.25, -0.2) is 0 Å². The molecule has 0 amide bonds. The summed E-state index contributed by atoms with van der Waals surface area (Å²) in [5.41, 5.74) is 0. The maximum atomic E-state index is 12.7. The number of hydrogen-bond acceptors (Lipinski definition) is 6. The van der Waals surface area contributed by atoms with Crippen molar-refractivity contribution in [2.75, 3.05) is 13.2 Å². The van der Waals surface area contributed by atoms with Crippen molar-refractivity contribution in [3.8, 4) is 0 Å². The van der Waals surface area contributed by atoms with Crippen LogP contribution in [-0.2, 0) is 28.6 Å². The first kappa shape index (κ1) is 59.6. The third kappa shape index (κ3) is 48.7. The molecule has 0 heterocycles. The standard InChI is InChI=1S/C56H102O6/c1-4-7-10-13-16-18-20-22-24-25-26-27-28-29-30-31-32-34-35-37-40-43-46-49-55(58)61-52-53(51-60-54(57)48-45-42-39-15-12-9-6-3)62-56(59)50-47-44-41-38-36-33-23-21-19-17-14-11-8-5-2/h14,17,21,23,25-26,53H,4-13,15-16,18-20,22,24,27-52H2,1-3H3/b17-14-,23-21-,26-25-. The molecule has 62 heavy (non-hydrogen) atoms. The number of allylic oxidation sites excluding steroid dienone is 6. The second-order valence-corrected chi connectivity index (χ2v) is 18.1. The van der Waals surface area contributed by atoms with Crippen LogP contribution >= 0.6 is 0 Å². The van der Waals surface area contributed by atoms with Gasteiger partial charge in [0.25, 0.3) is 0 Å². The molecule has 0 rings (SSSR count). The number of hydrogen-bond donors (Lipinski definition) is 0. The normalized spacial score (nSPS) is 12.2. The number of rotatable bonds is 49. The first-order chi connectivity index (χ1) is 30.5. The molecule has 0 bridgehead atoms. The summed E-state index contributed by atoms with van der Waals surface area (Å²) in [6.07, 6.45) is 60.1. The van der Waals surface area contributed by atoms with E-state index in [1.54, 1.807) is 0 Å². The highest BCUT2D eigenvalue weighted by atomic mass is 16.6. The van der Waals surface area contributed by atoms with Gasteiger partial charge >= 0.3 is 17.9 Å². The molecule has 0 aromatic rings. The van der Waals surface area contributed by atoms with Gasteiger partial charge in [-0.15, -0.1) is 0 Å². The largest absolute Gasteiger partial charge is 0.462 e. The summed E-state index contributed by atoms with van der Waals surface area (Å²) in [6, 6.07) is 0. The van der Waals surface area contributed by atoms with Crippen molar-refractivity contribution in [2.24, 2.45) is 0 Å². The van der Waals surface area contributed by atoms with Gasteiger partial charge < -0.3 is 14.2 Å². The van der Waals surface area contributed by atoms with Crippen LogP contribution in [0.5, 0.6) is 0 Å². The molecule has 0 N–H and O–H groups in total. The molecule has 0 aliphatic heterocycles. The Kier molecular flexibility index (Phi) is 49.3. The summed E-state index contributed by atoms with van der Waals surface area (Å²) in [6.45, 7) is 6.56. The number of carbonyl (C=O) groups is 3. The Morgan fingerprint density at radius 2 is 0.597 bits per heavy atom. The third-order valence-corrected chi connectivity index (χ3v) is 11.9. The van der Waals surface area contributed by atoms with Crippen molar-refractivity contribution >= 4 is 17.9 Å². The zero-order valence-electron chi connectivity index (χ0n) is 41.4. The third-order valence-electron chi connectivity index (χ3n) is 11.9. The minimum Gasteiger partial charge on any atom is -0.462 e. The molecule has 0 radical (unpaired) electrons. The van der Waals surface area contributed by atoms with Crippen molar-refractivity contribution in [3.05, 3.63) is 36.5 Å². The molecule has 0 aliphatic rings. The van der Waals surface area contributed by atoms with E-state index in [0.717, 1.165) is 83.5 Å². The molecule has 0 saturated carbocycles. The summed E-state index contributed by atoms with van der Waals surface area (Å²) < 4.78 is 16.7. The van der Waals surface area contributed by atoms with Gasteiger partial charge in [0.05, 0.1) is 0 Å². The first-order valence-electron chi connectivity index (χ1n) is 27.0. The topological polar surface area (TPSA) is 78.9 Å². The van der Waals surface area contributed by atoms with Crippen LogP contribution in [0.2, 0.25) is 0 Å². The van der Waals surface area contributed by atoms with E-state index in [2.05, 4.69) is 57.2 Å². The SMILES string of the molecule is CCCC/C=C\C/C=C\CCCCCCCC(=O)OC(COC(=O)CCCCCCCCC)COC(=O)CCCCCCCCCCCCC/C=C\CCCCCCCCCC. The number of esters is 3. The predicted molar refractivity (Wildman–Crippen MR) is 266 cm³/mol. The van der Waals surface area contributed by atoms with Crippen LogP contribution < -0.4 is 0 Å². The Hall–Kier alpha value is -2.37. The highest BCUT2D eigenvalue weighted by Crippen LogP contribution is 2.15. The van der Waals surface area contributed by atoms with Gasteiger partial charge in [0.1, 0.15) is 13.2 Å². The fourth-order valence-electron chi connectivity index (χ4n) is 7.75. The minimum absolute atomic E-state index is 0.0760. The molecule has 0 spiro atoms. The van der Waals surface area contributed by atoms with Gasteiger partial charge in [0.15, 0.2) is 6.10 Å². The summed E-state index contributed by atoms with van der Waals surface area (Å²) in [5, 5.41) is 0. The molecule has 6 nitrogen and oxygen atoms in total. The van der Waals surface area contributed by atoms with Crippen LogP contribution in [0.15, 0.2) is 36.5 Å². The number of ether oxygens (including phenoxy) is 3. The molecular weight excluding hydrogens is 769 g/mol. The zero-order valence-corrected chi connectivity index (χ0v) is 41.4. The van der Waals surface area contributed by atoms with E-state index in [4.69, 9.17) is 14.2 Å². The van der Waals surface area contributed by atoms with Crippen LogP contribution in [0.1, 0.15) is 284 Å². The average molecular weight is 871 g/mol. The lowest BCUT2D eigenvalue weighted by Gasteiger charge is -2.18. The minimum atomic E-state index is -0.774. The van der Waals surface area contributed by atoms with Crippen LogP contribution in [0.4, 0.5) is 0 Å². The number of unbranched alkanes of at least 4 members (excludes halogenated alkanes) is 32. The summed E-state index contributed by atoms with van der Waals surface area (Å²) in [7, 11) is 0. The van der Waals surface area contributed by atoms with Crippen molar-refractivity contribution in [1.29, 1.82) is 0 Å². The van der Waals surface area contributed by atoms with Gasteiger partial charge in [-0.3, -0.25) is 14.4 Å². The smallest absolute Gasteiger partial charge is 0.306 e. The van der Waals surface area contributed by atoms with Crippen molar-refractivity contribution in [1.82, 2.24) is 0 Å². The van der Waals surface area contributed by atoms with Crippen molar-refractivity contribution in [3.63, 3.8) is 0 Å². The van der Waals surface area contributed by atoms with E-state index in [-0.39, 0.29) is 31.1 Å². The predicted octanol–water partition coefficient (Wildman–Crippen LogP) is 17.7. The molecule has 1 atom stereocenters. The van der Waals surface area contributed by atoms with Crippen LogP contribution in [0.25, 0.3) is 0 Å². The summed E-state index contributed by atoms with van der Waals surface area (Å²) >= 11 is 0. The second kappa shape index (κ2) is 51.3. The van der Waals surface area contributed by atoms with Crippen molar-refractivity contribution in [2.45, 2.75) is 290 Å². The molecular formula is C56H102O6. The van der Waals surface area contributed by atoms with Gasteiger partial charge in [-0.1, -0.05) is 231 Å². The fraction of sp³-hybridized carbons (Fsp3) is 0.839.